The van der Waals surface area contributed by atoms with E-state index in [1.807, 2.05) is 49.7 Å². The minimum absolute atomic E-state index is 0.0494. The highest BCUT2D eigenvalue weighted by molar-refractivity contribution is 8.00. The first-order chi connectivity index (χ1) is 21.3. The van der Waals surface area contributed by atoms with Crippen LogP contribution in [0, 0.1) is 5.92 Å². The summed E-state index contributed by atoms with van der Waals surface area (Å²) in [6.07, 6.45) is 0.600. The van der Waals surface area contributed by atoms with Crippen LogP contribution in [0.25, 0.3) is 5.69 Å². The lowest BCUT2D eigenvalue weighted by atomic mass is 10.1. The molecule has 2 aromatic heterocycles. The molecule has 4 N–H and O–H groups in total. The average Bonchev–Trinajstić information content (AvgIpc) is 3.69. The monoisotopic (exact) mass is 617 g/mol. The van der Waals surface area contributed by atoms with Crippen molar-refractivity contribution in [2.24, 2.45) is 5.92 Å². The molecule has 0 bridgehead atoms. The second kappa shape index (κ2) is 13.6. The number of anilines is 4. The van der Waals surface area contributed by atoms with E-state index in [1.54, 1.807) is 29.8 Å². The zero-order chi connectivity index (χ0) is 31.2. The van der Waals surface area contributed by atoms with Crippen molar-refractivity contribution in [3.8, 4) is 5.69 Å². The number of rotatable bonds is 9. The Kier molecular flexibility index (Phi) is 9.40. The third kappa shape index (κ3) is 6.35. The topological polar surface area (TPSA) is 193 Å². The van der Waals surface area contributed by atoms with Gasteiger partial charge in [0.25, 0.3) is 5.95 Å². The maximum atomic E-state index is 13.1. The Morgan fingerprint density at radius 2 is 1.59 bits per heavy atom. The first-order valence-electron chi connectivity index (χ1n) is 14.0. The van der Waals surface area contributed by atoms with Gasteiger partial charge in [0.1, 0.15) is 0 Å². The number of fused-ring (bicyclic) bond motifs is 1. The normalized spacial score (nSPS) is 17.3. The van der Waals surface area contributed by atoms with Crippen molar-refractivity contribution in [1.82, 2.24) is 35.2 Å². The molecule has 16 heteroatoms. The highest BCUT2D eigenvalue weighted by Gasteiger charge is 2.41. The van der Waals surface area contributed by atoms with Gasteiger partial charge in [-0.3, -0.25) is 24.5 Å². The molecule has 0 radical (unpaired) electrons. The number of amides is 2. The lowest BCUT2D eigenvalue weighted by Crippen LogP contribution is -2.31. The predicted octanol–water partition coefficient (Wildman–Crippen LogP) is 3.00. The molecule has 1 fully saturated rings. The Balaban J connectivity index is 0.000000232. The van der Waals surface area contributed by atoms with E-state index < -0.39 is 5.25 Å². The van der Waals surface area contributed by atoms with Crippen LogP contribution in [0.4, 0.5) is 23.5 Å². The molecule has 2 aromatic carbocycles. The number of benzene rings is 2. The minimum Gasteiger partial charge on any atom is -0.354 e. The standard InChI is InChI=1S/C21H17N5O3S.C7H14N6O/c1-12-10-18(27)25(20(12)29)16-9-5-8-14-15(16)11-17(19(14)28)30-21-22-23-24-26(21)13-6-3-2-4-7-13;1-3-8-5-10-6(9-4-2)12-7(11-5)13-14/h2-9,12,17H,10-11H2,1H3;14H,3-4H2,1-2H3,(H3,8,9,10,11,12,13). The van der Waals surface area contributed by atoms with Gasteiger partial charge in [0.05, 0.1) is 16.6 Å². The summed E-state index contributed by atoms with van der Waals surface area (Å²) in [7, 11) is 0. The van der Waals surface area contributed by atoms with Crippen LogP contribution in [0.3, 0.4) is 0 Å². The number of nitrogens with zero attached hydrogens (tertiary/aromatic N) is 8. The number of nitrogens with one attached hydrogen (secondary N) is 3. The number of Topliss-reactive ketones (excluding diaryl/α,β-unsaturated/α-hetero) is 1. The number of imide groups is 1. The van der Waals surface area contributed by atoms with E-state index >= 15 is 0 Å². The van der Waals surface area contributed by atoms with Crippen molar-refractivity contribution in [3.05, 3.63) is 59.7 Å². The Hall–Kier alpha value is -4.96. The maximum Gasteiger partial charge on any atom is 0.253 e. The molecule has 2 amide bonds. The van der Waals surface area contributed by atoms with E-state index in [0.717, 1.165) is 11.3 Å². The summed E-state index contributed by atoms with van der Waals surface area (Å²) in [6.45, 7) is 7.03. The molecule has 2 aliphatic rings. The van der Waals surface area contributed by atoms with Crippen molar-refractivity contribution in [2.75, 3.05) is 34.1 Å². The Morgan fingerprint density at radius 1 is 0.909 bits per heavy atom. The van der Waals surface area contributed by atoms with Crippen LogP contribution in [-0.4, -0.2) is 76.3 Å². The molecule has 6 rings (SSSR count). The van der Waals surface area contributed by atoms with Gasteiger partial charge in [-0.2, -0.15) is 19.6 Å². The number of hydrogen-bond donors (Lipinski definition) is 4. The summed E-state index contributed by atoms with van der Waals surface area (Å²) in [4.78, 5) is 51.1. The summed E-state index contributed by atoms with van der Waals surface area (Å²) in [6, 6.07) is 14.7. The fourth-order valence-electron chi connectivity index (χ4n) is 4.82. The zero-order valence-corrected chi connectivity index (χ0v) is 25.1. The van der Waals surface area contributed by atoms with Crippen LogP contribution < -0.4 is 21.0 Å². The first-order valence-corrected chi connectivity index (χ1v) is 14.9. The van der Waals surface area contributed by atoms with Gasteiger partial charge in [-0.1, -0.05) is 49.0 Å². The summed E-state index contributed by atoms with van der Waals surface area (Å²) < 4.78 is 1.59. The van der Waals surface area contributed by atoms with E-state index in [4.69, 9.17) is 5.21 Å². The summed E-state index contributed by atoms with van der Waals surface area (Å²) in [5, 5.41) is 26.5. The smallest absolute Gasteiger partial charge is 0.253 e. The van der Waals surface area contributed by atoms with Crippen molar-refractivity contribution in [1.29, 1.82) is 0 Å². The van der Waals surface area contributed by atoms with Gasteiger partial charge in [0, 0.05) is 31.0 Å². The number of aromatic nitrogens is 7. The van der Waals surface area contributed by atoms with Gasteiger partial charge in [-0.05, 0) is 54.5 Å². The maximum absolute atomic E-state index is 13.1. The number of carbonyl (C=O) groups is 3. The molecule has 1 saturated heterocycles. The van der Waals surface area contributed by atoms with Crippen LogP contribution >= 0.6 is 11.8 Å². The molecule has 0 spiro atoms. The average molecular weight is 618 g/mol. The minimum atomic E-state index is -0.431. The fraction of sp³-hybridized carbons (Fsp3) is 0.321. The van der Waals surface area contributed by atoms with Crippen molar-refractivity contribution >= 4 is 52.9 Å². The van der Waals surface area contributed by atoms with Gasteiger partial charge in [-0.25, -0.2) is 5.48 Å². The van der Waals surface area contributed by atoms with Crippen LogP contribution in [-0.2, 0) is 16.0 Å². The Labute approximate surface area is 256 Å². The van der Waals surface area contributed by atoms with E-state index in [9.17, 15) is 14.4 Å². The van der Waals surface area contributed by atoms with Crippen LogP contribution in [0.1, 0.15) is 43.1 Å². The van der Waals surface area contributed by atoms with Gasteiger partial charge in [-0.15, -0.1) is 5.10 Å². The molecule has 3 heterocycles. The summed E-state index contributed by atoms with van der Waals surface area (Å²) in [5.74, 6) is 0.136. The number of ketones is 1. The zero-order valence-electron chi connectivity index (χ0n) is 24.3. The molecule has 4 aromatic rings. The predicted molar refractivity (Wildman–Crippen MR) is 163 cm³/mol. The Morgan fingerprint density at radius 3 is 2.20 bits per heavy atom. The van der Waals surface area contributed by atoms with Crippen LogP contribution in [0.2, 0.25) is 0 Å². The summed E-state index contributed by atoms with van der Waals surface area (Å²) in [5.41, 5.74) is 4.48. The third-order valence-corrected chi connectivity index (χ3v) is 7.94. The Bertz CT molecular complexity index is 1640. The van der Waals surface area contributed by atoms with Crippen molar-refractivity contribution in [2.45, 2.75) is 44.0 Å². The molecule has 44 heavy (non-hydrogen) atoms. The van der Waals surface area contributed by atoms with E-state index in [2.05, 4.69) is 41.1 Å². The SMILES string of the molecule is CC1CC(=O)N(c2cccc3c2CC(Sc2nnnn2-c2ccccc2)C3=O)C1=O.CCNc1nc(NO)nc(NCC)n1. The largest absolute Gasteiger partial charge is 0.354 e. The molecular weight excluding hydrogens is 586 g/mol. The summed E-state index contributed by atoms with van der Waals surface area (Å²) >= 11 is 1.29. The van der Waals surface area contributed by atoms with E-state index in [-0.39, 0.29) is 35.9 Å². The van der Waals surface area contributed by atoms with Gasteiger partial charge >= 0.3 is 0 Å². The molecule has 0 saturated carbocycles. The van der Waals surface area contributed by atoms with Crippen LogP contribution in [0.5, 0.6) is 0 Å². The van der Waals surface area contributed by atoms with Crippen molar-refractivity contribution < 1.29 is 19.6 Å². The number of tetrazole rings is 1. The highest BCUT2D eigenvalue weighted by Crippen LogP contribution is 2.40. The molecule has 228 valence electrons. The van der Waals surface area contributed by atoms with Gasteiger partial charge in [0.2, 0.25) is 28.9 Å². The van der Waals surface area contributed by atoms with E-state index in [0.29, 0.717) is 47.8 Å². The quantitative estimate of drug-likeness (QED) is 0.158. The fourth-order valence-corrected chi connectivity index (χ4v) is 5.89. The third-order valence-electron chi connectivity index (χ3n) is 6.81. The van der Waals surface area contributed by atoms with Gasteiger partial charge < -0.3 is 10.6 Å². The lowest BCUT2D eigenvalue weighted by Gasteiger charge is -2.18. The number of hydrogen-bond acceptors (Lipinski definition) is 14. The lowest BCUT2D eigenvalue weighted by molar-refractivity contribution is -0.122. The molecule has 2 unspecified atom stereocenters. The van der Waals surface area contributed by atoms with Gasteiger partial charge in [0.15, 0.2) is 5.78 Å². The second-order valence-corrected chi connectivity index (χ2v) is 11.0. The van der Waals surface area contributed by atoms with Crippen LogP contribution in [0.15, 0.2) is 53.7 Å². The molecule has 15 nitrogen and oxygen atoms in total. The molecule has 1 aliphatic heterocycles. The highest BCUT2D eigenvalue weighted by atomic mass is 32.2. The molecular formula is C28H31N11O4S. The van der Waals surface area contributed by atoms with Crippen molar-refractivity contribution in [3.63, 3.8) is 0 Å². The number of thioether (sulfide) groups is 1. The molecule has 1 aliphatic carbocycles. The van der Waals surface area contributed by atoms with E-state index in [1.165, 1.54) is 16.7 Å². The second-order valence-electron chi connectivity index (χ2n) is 9.84. The number of carbonyl (C=O) groups excluding carboxylic acids is 3. The number of para-hydroxylation sites is 1. The molecule has 2 atom stereocenters. The first kappa shape index (κ1) is 30.5.